The van der Waals surface area contributed by atoms with E-state index in [9.17, 15) is 0 Å². The van der Waals surface area contributed by atoms with Crippen molar-refractivity contribution < 1.29 is 27.5 Å². The van der Waals surface area contributed by atoms with Crippen LogP contribution in [-0.2, 0) is 22.2 Å². The van der Waals surface area contributed by atoms with Crippen molar-refractivity contribution in [3.05, 3.63) is 0 Å². The van der Waals surface area contributed by atoms with Crippen LogP contribution in [0.15, 0.2) is 0 Å². The van der Waals surface area contributed by atoms with E-state index in [1.807, 2.05) is 0 Å². The molecule has 0 spiro atoms. The molecule has 0 aromatic carbocycles. The van der Waals surface area contributed by atoms with Gasteiger partial charge in [-0.25, -0.2) is 4.89 Å². The van der Waals surface area contributed by atoms with E-state index in [1.165, 1.54) is 0 Å². The molecule has 1 N–H and O–H groups in total. The van der Waals surface area contributed by atoms with Crippen molar-refractivity contribution >= 4 is 0 Å². The summed E-state index contributed by atoms with van der Waals surface area (Å²) in [6, 6.07) is 0. The molecule has 0 aliphatic heterocycles. The van der Waals surface area contributed by atoms with E-state index in [4.69, 9.17) is 5.26 Å². The van der Waals surface area contributed by atoms with Crippen molar-refractivity contribution in [3.63, 3.8) is 0 Å². The first kappa shape index (κ1) is 10.4. The van der Waals surface area contributed by atoms with Crippen LogP contribution >= 0.6 is 0 Å². The topological polar surface area (TPSA) is 29.5 Å². The minimum absolute atomic E-state index is 0. The van der Waals surface area contributed by atoms with Crippen LogP contribution in [0.2, 0.25) is 0 Å². The van der Waals surface area contributed by atoms with Crippen molar-refractivity contribution in [2.75, 3.05) is 0 Å². The van der Waals surface area contributed by atoms with Crippen LogP contribution in [0.1, 0.15) is 20.8 Å². The van der Waals surface area contributed by atoms with Gasteiger partial charge in [-0.05, 0) is 20.8 Å². The minimum atomic E-state index is -0.403. The van der Waals surface area contributed by atoms with Gasteiger partial charge in [-0.15, -0.1) is 0 Å². The third kappa shape index (κ3) is 10.7. The van der Waals surface area contributed by atoms with Gasteiger partial charge in [0.05, 0.1) is 5.60 Å². The Balaban J connectivity index is 0. The van der Waals surface area contributed by atoms with Gasteiger partial charge in [0.2, 0.25) is 0 Å². The molecule has 7 heavy (non-hydrogen) atoms. The van der Waals surface area contributed by atoms with Crippen LogP contribution < -0.4 is 0 Å². The Hall–Kier alpha value is 0.452. The molecule has 0 aliphatic rings. The molecule has 0 fully saturated rings. The third-order valence-corrected chi connectivity index (χ3v) is 0.274. The predicted octanol–water partition coefficient (Wildman–Crippen LogP) is 1.27. The summed E-state index contributed by atoms with van der Waals surface area (Å²) in [5, 5.41) is 7.90. The van der Waals surface area contributed by atoms with E-state index in [0.29, 0.717) is 0 Å². The summed E-state index contributed by atoms with van der Waals surface area (Å²) >= 11 is 0. The number of rotatable bonds is 0. The molecule has 0 radical (unpaired) electrons. The van der Waals surface area contributed by atoms with Crippen molar-refractivity contribution in [2.24, 2.45) is 0 Å². The van der Waals surface area contributed by atoms with Gasteiger partial charge in [-0.2, -0.15) is 0 Å². The van der Waals surface area contributed by atoms with Crippen molar-refractivity contribution in [1.82, 2.24) is 0 Å². The molecular formula is C4H10CrO2. The SMILES string of the molecule is CC(C)(C)OO.[Cr]. The molecule has 0 heterocycles. The normalized spacial score (nSPS) is 10.3. The summed E-state index contributed by atoms with van der Waals surface area (Å²) in [6.07, 6.45) is 0. The zero-order chi connectivity index (χ0) is 5.21. The first-order chi connectivity index (χ1) is 2.56. The zero-order valence-corrected chi connectivity index (χ0v) is 6.04. The second-order valence-electron chi connectivity index (χ2n) is 2.20. The minimum Gasteiger partial charge on any atom is -0.251 e. The zero-order valence-electron chi connectivity index (χ0n) is 4.76. The summed E-state index contributed by atoms with van der Waals surface area (Å²) < 4.78 is 0. The Bertz CT molecular complexity index is 39.4. The van der Waals surface area contributed by atoms with Crippen LogP contribution in [0, 0.1) is 0 Å². The summed E-state index contributed by atoms with van der Waals surface area (Å²) in [7, 11) is 0. The van der Waals surface area contributed by atoms with E-state index < -0.39 is 5.60 Å². The maximum absolute atomic E-state index is 7.90. The van der Waals surface area contributed by atoms with Crippen molar-refractivity contribution in [3.8, 4) is 0 Å². The van der Waals surface area contributed by atoms with Gasteiger partial charge in [0, 0.05) is 17.4 Å². The molecule has 0 bridgehead atoms. The maximum Gasteiger partial charge on any atom is 0.0949 e. The fourth-order valence-electron chi connectivity index (χ4n) is 0. The molecular weight excluding hydrogens is 132 g/mol. The molecule has 0 amide bonds. The van der Waals surface area contributed by atoms with Crippen LogP contribution in [0.25, 0.3) is 0 Å². The molecule has 0 aromatic heterocycles. The molecule has 0 atom stereocenters. The smallest absolute Gasteiger partial charge is 0.0949 e. The van der Waals surface area contributed by atoms with E-state index in [2.05, 4.69) is 4.89 Å². The average Bonchev–Trinajstić information content (AvgIpc) is 1.35. The number of hydrogen-bond donors (Lipinski definition) is 1. The Morgan fingerprint density at radius 2 is 1.43 bits per heavy atom. The van der Waals surface area contributed by atoms with E-state index in [-0.39, 0.29) is 17.4 Å². The van der Waals surface area contributed by atoms with Crippen LogP contribution in [-0.4, -0.2) is 10.9 Å². The van der Waals surface area contributed by atoms with E-state index >= 15 is 0 Å². The standard InChI is InChI=1S/C4H10O2.Cr/c1-4(2,3)6-5;/h5H,1-3H3;. The van der Waals surface area contributed by atoms with Gasteiger partial charge < -0.3 is 0 Å². The molecule has 0 aliphatic carbocycles. The van der Waals surface area contributed by atoms with Crippen molar-refractivity contribution in [2.45, 2.75) is 26.4 Å². The van der Waals surface area contributed by atoms with Gasteiger partial charge in [-0.1, -0.05) is 0 Å². The van der Waals surface area contributed by atoms with Crippen LogP contribution in [0.5, 0.6) is 0 Å². The molecule has 44 valence electrons. The van der Waals surface area contributed by atoms with Gasteiger partial charge in [0.25, 0.3) is 0 Å². The van der Waals surface area contributed by atoms with Crippen LogP contribution in [0.4, 0.5) is 0 Å². The molecule has 0 aromatic rings. The number of hydrogen-bond acceptors (Lipinski definition) is 2. The van der Waals surface area contributed by atoms with Gasteiger partial charge in [0.15, 0.2) is 0 Å². The fraction of sp³-hybridized carbons (Fsp3) is 1.00. The average molecular weight is 142 g/mol. The molecule has 0 rings (SSSR count). The van der Waals surface area contributed by atoms with Gasteiger partial charge >= 0.3 is 0 Å². The summed E-state index contributed by atoms with van der Waals surface area (Å²) in [4.78, 5) is 3.94. The van der Waals surface area contributed by atoms with Crippen LogP contribution in [0.3, 0.4) is 0 Å². The molecule has 0 saturated heterocycles. The van der Waals surface area contributed by atoms with Gasteiger partial charge in [0.1, 0.15) is 0 Å². The second-order valence-corrected chi connectivity index (χ2v) is 2.20. The molecule has 0 unspecified atom stereocenters. The molecule has 2 nitrogen and oxygen atoms in total. The fourth-order valence-corrected chi connectivity index (χ4v) is 0. The van der Waals surface area contributed by atoms with Gasteiger partial charge in [-0.3, -0.25) is 5.26 Å². The largest absolute Gasteiger partial charge is 0.251 e. The Morgan fingerprint density at radius 3 is 1.43 bits per heavy atom. The quantitative estimate of drug-likeness (QED) is 0.407. The Labute approximate surface area is 54.5 Å². The maximum atomic E-state index is 7.90. The summed E-state index contributed by atoms with van der Waals surface area (Å²) in [5.41, 5.74) is -0.403. The molecule has 0 saturated carbocycles. The van der Waals surface area contributed by atoms with E-state index in [0.717, 1.165) is 0 Å². The summed E-state index contributed by atoms with van der Waals surface area (Å²) in [5.74, 6) is 0. The Kier molecular flexibility index (Phi) is 5.15. The third-order valence-electron chi connectivity index (χ3n) is 0.274. The Morgan fingerprint density at radius 1 is 1.29 bits per heavy atom. The first-order valence-electron chi connectivity index (χ1n) is 1.89. The first-order valence-corrected chi connectivity index (χ1v) is 1.89. The van der Waals surface area contributed by atoms with Crippen molar-refractivity contribution in [1.29, 1.82) is 0 Å². The second kappa shape index (κ2) is 3.45. The monoisotopic (exact) mass is 142 g/mol. The van der Waals surface area contributed by atoms with E-state index in [1.54, 1.807) is 20.8 Å². The predicted molar refractivity (Wildman–Crippen MR) is 23.5 cm³/mol. The summed E-state index contributed by atoms with van der Waals surface area (Å²) in [6.45, 7) is 5.31. The molecule has 3 heteroatoms.